The number of piperazine rings is 1. The second-order valence-corrected chi connectivity index (χ2v) is 9.45. The Hall–Kier alpha value is -3.17. The number of rotatable bonds is 6. The van der Waals surface area contributed by atoms with Crippen molar-refractivity contribution in [1.29, 1.82) is 0 Å². The molecule has 0 spiro atoms. The van der Waals surface area contributed by atoms with Gasteiger partial charge in [-0.25, -0.2) is 18.4 Å². The van der Waals surface area contributed by atoms with Crippen LogP contribution in [0.3, 0.4) is 0 Å². The molecule has 1 aliphatic heterocycles. The first kappa shape index (κ1) is 22.0. The van der Waals surface area contributed by atoms with E-state index >= 15 is 0 Å². The van der Waals surface area contributed by atoms with Crippen LogP contribution >= 0.6 is 0 Å². The maximum Gasteiger partial charge on any atom is 0.243 e. The predicted molar refractivity (Wildman–Crippen MR) is 123 cm³/mol. The van der Waals surface area contributed by atoms with Crippen LogP contribution in [-0.2, 0) is 10.0 Å². The average molecular weight is 455 g/mol. The maximum atomic E-state index is 13.1. The smallest absolute Gasteiger partial charge is 0.243 e. The van der Waals surface area contributed by atoms with Crippen molar-refractivity contribution in [3.8, 4) is 22.8 Å². The monoisotopic (exact) mass is 454 g/mol. The maximum absolute atomic E-state index is 13.1. The van der Waals surface area contributed by atoms with Crippen LogP contribution in [-0.4, -0.2) is 63.1 Å². The van der Waals surface area contributed by atoms with Crippen molar-refractivity contribution in [2.45, 2.75) is 11.8 Å². The molecule has 32 heavy (non-hydrogen) atoms. The van der Waals surface area contributed by atoms with E-state index in [2.05, 4.69) is 14.9 Å². The summed E-state index contributed by atoms with van der Waals surface area (Å²) in [4.78, 5) is 11.2. The summed E-state index contributed by atoms with van der Waals surface area (Å²) < 4.78 is 38.2. The van der Waals surface area contributed by atoms with Crippen molar-refractivity contribution < 1.29 is 17.9 Å². The lowest BCUT2D eigenvalue weighted by molar-refractivity contribution is 0.383. The molecule has 0 radical (unpaired) electrons. The Morgan fingerprint density at radius 1 is 0.875 bits per heavy atom. The quantitative estimate of drug-likeness (QED) is 0.566. The highest BCUT2D eigenvalue weighted by Crippen LogP contribution is 2.26. The average Bonchev–Trinajstić information content (AvgIpc) is 2.84. The highest BCUT2D eigenvalue weighted by molar-refractivity contribution is 7.89. The fraction of sp³-hybridized carbons (Fsp3) is 0.304. The van der Waals surface area contributed by atoms with Gasteiger partial charge < -0.3 is 14.4 Å². The number of sulfonamides is 1. The molecular weight excluding hydrogens is 428 g/mol. The van der Waals surface area contributed by atoms with Crippen LogP contribution in [0.2, 0.25) is 0 Å². The van der Waals surface area contributed by atoms with E-state index in [0.717, 1.165) is 28.4 Å². The number of anilines is 1. The van der Waals surface area contributed by atoms with Gasteiger partial charge in [0.25, 0.3) is 0 Å². The number of hydrogen-bond acceptors (Lipinski definition) is 7. The van der Waals surface area contributed by atoms with Crippen molar-refractivity contribution in [2.24, 2.45) is 0 Å². The molecule has 1 fully saturated rings. The fourth-order valence-corrected chi connectivity index (χ4v) is 5.27. The summed E-state index contributed by atoms with van der Waals surface area (Å²) in [5.41, 5.74) is 2.56. The molecule has 3 aromatic rings. The predicted octanol–water partition coefficient (Wildman–Crippen LogP) is 2.98. The zero-order chi connectivity index (χ0) is 22.7. The summed E-state index contributed by atoms with van der Waals surface area (Å²) in [6.07, 6.45) is 1.54. The molecule has 168 valence electrons. The molecule has 0 amide bonds. The van der Waals surface area contributed by atoms with Gasteiger partial charge >= 0.3 is 0 Å². The van der Waals surface area contributed by atoms with Crippen molar-refractivity contribution in [3.63, 3.8) is 0 Å². The normalized spacial score (nSPS) is 14.9. The molecule has 2 aromatic carbocycles. The molecule has 1 aromatic heterocycles. The van der Waals surface area contributed by atoms with E-state index in [4.69, 9.17) is 9.47 Å². The van der Waals surface area contributed by atoms with Crippen LogP contribution in [0.4, 0.5) is 5.82 Å². The Morgan fingerprint density at radius 2 is 1.59 bits per heavy atom. The molecule has 2 heterocycles. The Morgan fingerprint density at radius 3 is 2.22 bits per heavy atom. The van der Waals surface area contributed by atoms with E-state index in [1.54, 1.807) is 32.4 Å². The Balaban J connectivity index is 1.47. The summed E-state index contributed by atoms with van der Waals surface area (Å²) in [5.74, 6) is 2.24. The largest absolute Gasteiger partial charge is 0.497 e. The van der Waals surface area contributed by atoms with Gasteiger partial charge in [-0.15, -0.1) is 0 Å². The Bertz CT molecular complexity index is 1190. The molecule has 8 nitrogen and oxygen atoms in total. The van der Waals surface area contributed by atoms with Gasteiger partial charge in [-0.3, -0.25) is 0 Å². The van der Waals surface area contributed by atoms with Crippen LogP contribution in [0.25, 0.3) is 11.3 Å². The Kier molecular flexibility index (Phi) is 6.29. The molecular formula is C23H26N4O4S. The van der Waals surface area contributed by atoms with Crippen molar-refractivity contribution in [3.05, 3.63) is 60.4 Å². The van der Waals surface area contributed by atoms with Gasteiger partial charge in [0.1, 0.15) is 23.6 Å². The van der Waals surface area contributed by atoms with Gasteiger partial charge in [0, 0.05) is 37.8 Å². The minimum Gasteiger partial charge on any atom is -0.497 e. The molecule has 1 aliphatic rings. The third-order valence-corrected chi connectivity index (χ3v) is 7.50. The third kappa shape index (κ3) is 4.39. The van der Waals surface area contributed by atoms with Gasteiger partial charge in [-0.05, 0) is 55.0 Å². The van der Waals surface area contributed by atoms with Crippen molar-refractivity contribution in [2.75, 3.05) is 45.3 Å². The van der Waals surface area contributed by atoms with Gasteiger partial charge in [0.15, 0.2) is 0 Å². The minimum absolute atomic E-state index is 0.285. The third-order valence-electron chi connectivity index (χ3n) is 5.61. The zero-order valence-corrected chi connectivity index (χ0v) is 19.2. The molecule has 4 rings (SSSR count). The molecule has 9 heteroatoms. The van der Waals surface area contributed by atoms with Crippen LogP contribution in [0, 0.1) is 6.92 Å². The second kappa shape index (κ2) is 9.13. The van der Waals surface area contributed by atoms with Crippen LogP contribution in [0.1, 0.15) is 5.56 Å². The molecule has 0 aliphatic carbocycles. The number of benzene rings is 2. The first-order chi connectivity index (χ1) is 15.4. The van der Waals surface area contributed by atoms with Crippen LogP contribution in [0.5, 0.6) is 11.5 Å². The van der Waals surface area contributed by atoms with E-state index in [9.17, 15) is 8.42 Å². The zero-order valence-electron chi connectivity index (χ0n) is 18.4. The number of aromatic nitrogens is 2. The van der Waals surface area contributed by atoms with E-state index in [1.807, 2.05) is 37.3 Å². The van der Waals surface area contributed by atoms with Gasteiger partial charge in [-0.2, -0.15) is 4.31 Å². The number of methoxy groups -OCH3 is 2. The number of ether oxygens (including phenoxy) is 2. The molecule has 0 N–H and O–H groups in total. The summed E-state index contributed by atoms with van der Waals surface area (Å²) >= 11 is 0. The standard InChI is InChI=1S/C23H26N4O4S/c1-17-14-20(8-9-22(17)31-3)32(28,29)27-12-10-26(11-13-27)23-15-21(24-16-25-23)18-4-6-19(30-2)7-5-18/h4-9,14-16H,10-13H2,1-3H3. The lowest BCUT2D eigenvalue weighted by atomic mass is 10.1. The topological polar surface area (TPSA) is 84.9 Å². The molecule has 0 unspecified atom stereocenters. The minimum atomic E-state index is -3.57. The van der Waals surface area contributed by atoms with E-state index < -0.39 is 10.0 Å². The van der Waals surface area contributed by atoms with E-state index in [1.165, 1.54) is 10.6 Å². The van der Waals surface area contributed by atoms with Crippen LogP contribution < -0.4 is 14.4 Å². The van der Waals surface area contributed by atoms with Crippen molar-refractivity contribution in [1.82, 2.24) is 14.3 Å². The summed E-state index contributed by atoms with van der Waals surface area (Å²) in [5, 5.41) is 0. The molecule has 0 saturated carbocycles. The van der Waals surface area contributed by atoms with Gasteiger partial charge in [0.2, 0.25) is 10.0 Å². The lowest BCUT2D eigenvalue weighted by Crippen LogP contribution is -2.48. The summed E-state index contributed by atoms with van der Waals surface area (Å²) in [6, 6.07) is 14.6. The highest BCUT2D eigenvalue weighted by Gasteiger charge is 2.29. The number of hydrogen-bond donors (Lipinski definition) is 0. The number of nitrogens with zero attached hydrogens (tertiary/aromatic N) is 4. The van der Waals surface area contributed by atoms with Crippen molar-refractivity contribution >= 4 is 15.8 Å². The van der Waals surface area contributed by atoms with Gasteiger partial charge in [-0.1, -0.05) is 0 Å². The SMILES string of the molecule is COc1ccc(-c2cc(N3CCN(S(=O)(=O)c4ccc(OC)c(C)c4)CC3)ncn2)cc1. The van der Waals surface area contributed by atoms with Crippen LogP contribution in [0.15, 0.2) is 59.8 Å². The van der Waals surface area contributed by atoms with E-state index in [-0.39, 0.29) is 4.90 Å². The second-order valence-electron chi connectivity index (χ2n) is 7.51. The highest BCUT2D eigenvalue weighted by atomic mass is 32.2. The first-order valence-electron chi connectivity index (χ1n) is 10.3. The lowest BCUT2D eigenvalue weighted by Gasteiger charge is -2.34. The summed E-state index contributed by atoms with van der Waals surface area (Å²) in [6.45, 7) is 3.71. The first-order valence-corrected chi connectivity index (χ1v) is 11.7. The summed E-state index contributed by atoms with van der Waals surface area (Å²) in [7, 11) is -0.362. The molecule has 0 atom stereocenters. The van der Waals surface area contributed by atoms with E-state index in [0.29, 0.717) is 31.9 Å². The fourth-order valence-electron chi connectivity index (χ4n) is 3.76. The molecule has 0 bridgehead atoms. The molecule has 1 saturated heterocycles. The Labute approximate surface area is 188 Å². The number of aryl methyl sites for hydroxylation is 1. The van der Waals surface area contributed by atoms with Gasteiger partial charge in [0.05, 0.1) is 24.8 Å².